The fourth-order valence-corrected chi connectivity index (χ4v) is 3.25. The lowest BCUT2D eigenvalue weighted by atomic mass is 9.88. The number of furan rings is 1. The molecule has 0 aliphatic carbocycles. The van der Waals surface area contributed by atoms with Crippen LogP contribution in [0.5, 0.6) is 5.75 Å². The molecule has 1 aliphatic heterocycles. The van der Waals surface area contributed by atoms with E-state index in [0.717, 1.165) is 29.8 Å². The van der Waals surface area contributed by atoms with Crippen molar-refractivity contribution in [3.05, 3.63) is 65.4 Å². The number of phenols is 1. The van der Waals surface area contributed by atoms with Gasteiger partial charge in [0.25, 0.3) is 0 Å². The number of para-hydroxylation sites is 1. The van der Waals surface area contributed by atoms with Gasteiger partial charge in [0.2, 0.25) is 0 Å². The van der Waals surface area contributed by atoms with E-state index in [1.54, 1.807) is 6.07 Å². The van der Waals surface area contributed by atoms with E-state index in [2.05, 4.69) is 24.1 Å². The third-order valence-corrected chi connectivity index (χ3v) is 4.22. The van der Waals surface area contributed by atoms with E-state index < -0.39 is 0 Å². The summed E-state index contributed by atoms with van der Waals surface area (Å²) in [7, 11) is 2.10. The maximum absolute atomic E-state index is 9.70. The van der Waals surface area contributed by atoms with E-state index in [0.29, 0.717) is 5.75 Å². The third kappa shape index (κ3) is 2.10. The largest absolute Gasteiger partial charge is 0.508 e. The van der Waals surface area contributed by atoms with Gasteiger partial charge in [-0.25, -0.2) is 0 Å². The van der Waals surface area contributed by atoms with Crippen molar-refractivity contribution in [2.24, 2.45) is 0 Å². The Morgan fingerprint density at radius 2 is 2.00 bits per heavy atom. The first-order chi connectivity index (χ1) is 10.2. The van der Waals surface area contributed by atoms with Crippen LogP contribution in [-0.4, -0.2) is 23.6 Å². The minimum absolute atomic E-state index is 0.215. The van der Waals surface area contributed by atoms with Crippen LogP contribution in [0.25, 0.3) is 11.0 Å². The Balaban J connectivity index is 1.84. The topological polar surface area (TPSA) is 36.6 Å². The predicted molar refractivity (Wildman–Crippen MR) is 82.5 cm³/mol. The first kappa shape index (κ1) is 12.5. The number of phenolic OH excluding ortho intramolecular Hbond substituents is 1. The highest BCUT2D eigenvalue weighted by Gasteiger charge is 2.27. The Kier molecular flexibility index (Phi) is 2.76. The van der Waals surface area contributed by atoms with Crippen LogP contribution in [0.3, 0.4) is 0 Å². The first-order valence-corrected chi connectivity index (χ1v) is 7.19. The van der Waals surface area contributed by atoms with Crippen molar-refractivity contribution in [2.45, 2.75) is 12.5 Å². The molecule has 0 radical (unpaired) electrons. The van der Waals surface area contributed by atoms with Crippen LogP contribution in [0.1, 0.15) is 22.8 Å². The minimum Gasteiger partial charge on any atom is -0.508 e. The van der Waals surface area contributed by atoms with Gasteiger partial charge < -0.3 is 14.4 Å². The van der Waals surface area contributed by atoms with Crippen LogP contribution >= 0.6 is 0 Å². The predicted octanol–water partition coefficient (Wildman–Crippen LogP) is 3.72. The van der Waals surface area contributed by atoms with E-state index in [-0.39, 0.29) is 5.92 Å². The standard InChI is InChI=1S/C18H17NO2/c1-19-10-13-8-14(20)6-7-15(13)16(11-19)18-9-12-4-2-3-5-17(12)21-18/h2-9,16,20H,10-11H2,1H3. The van der Waals surface area contributed by atoms with Crippen molar-refractivity contribution in [1.29, 1.82) is 0 Å². The highest BCUT2D eigenvalue weighted by molar-refractivity contribution is 5.78. The van der Waals surface area contributed by atoms with Gasteiger partial charge in [-0.3, -0.25) is 0 Å². The molecule has 1 N–H and O–H groups in total. The normalized spacial score (nSPS) is 18.8. The Bertz CT molecular complexity index is 773. The summed E-state index contributed by atoms with van der Waals surface area (Å²) < 4.78 is 6.05. The fraction of sp³-hybridized carbons (Fsp3) is 0.222. The lowest BCUT2D eigenvalue weighted by molar-refractivity contribution is 0.281. The second kappa shape index (κ2) is 4.64. The summed E-state index contributed by atoms with van der Waals surface area (Å²) in [4.78, 5) is 2.26. The van der Waals surface area contributed by atoms with Crippen LogP contribution in [0, 0.1) is 0 Å². The summed E-state index contributed by atoms with van der Waals surface area (Å²) in [5.41, 5.74) is 3.36. The molecule has 0 bridgehead atoms. The molecule has 1 atom stereocenters. The molecule has 3 heteroatoms. The van der Waals surface area contributed by atoms with E-state index >= 15 is 0 Å². The fourth-order valence-electron chi connectivity index (χ4n) is 3.25. The molecule has 0 saturated carbocycles. The second-order valence-electron chi connectivity index (χ2n) is 5.82. The average Bonchev–Trinajstić information content (AvgIpc) is 2.89. The molecule has 3 aromatic rings. The summed E-state index contributed by atoms with van der Waals surface area (Å²) in [6.45, 7) is 1.79. The number of aromatic hydroxyl groups is 1. The summed E-state index contributed by atoms with van der Waals surface area (Å²) in [6.07, 6.45) is 0. The number of hydrogen-bond donors (Lipinski definition) is 1. The monoisotopic (exact) mass is 279 g/mol. The zero-order chi connectivity index (χ0) is 14.4. The number of likely N-dealkylation sites (N-methyl/N-ethyl adjacent to an activating group) is 1. The van der Waals surface area contributed by atoms with E-state index in [1.165, 1.54) is 11.1 Å². The van der Waals surface area contributed by atoms with Crippen molar-refractivity contribution in [1.82, 2.24) is 4.90 Å². The maximum Gasteiger partial charge on any atom is 0.134 e. The molecule has 0 spiro atoms. The number of fused-ring (bicyclic) bond motifs is 2. The zero-order valence-electron chi connectivity index (χ0n) is 11.9. The zero-order valence-corrected chi connectivity index (χ0v) is 11.9. The Morgan fingerprint density at radius 1 is 1.14 bits per heavy atom. The van der Waals surface area contributed by atoms with Gasteiger partial charge in [-0.2, -0.15) is 0 Å². The summed E-state index contributed by atoms with van der Waals surface area (Å²) in [5.74, 6) is 1.54. The Labute approximate surface area is 123 Å². The van der Waals surface area contributed by atoms with Crippen LogP contribution in [0.2, 0.25) is 0 Å². The highest BCUT2D eigenvalue weighted by Crippen LogP contribution is 2.36. The molecule has 0 saturated heterocycles. The molecule has 1 aromatic heterocycles. The van der Waals surface area contributed by atoms with Crippen molar-refractivity contribution >= 4 is 11.0 Å². The molecular weight excluding hydrogens is 262 g/mol. The van der Waals surface area contributed by atoms with Gasteiger partial charge in [0.05, 0.1) is 5.92 Å². The van der Waals surface area contributed by atoms with Crippen molar-refractivity contribution in [2.75, 3.05) is 13.6 Å². The maximum atomic E-state index is 9.70. The first-order valence-electron chi connectivity index (χ1n) is 7.19. The number of hydrogen-bond acceptors (Lipinski definition) is 3. The van der Waals surface area contributed by atoms with E-state index in [1.807, 2.05) is 30.3 Å². The molecule has 1 aliphatic rings. The number of rotatable bonds is 1. The molecule has 0 fully saturated rings. The molecule has 2 heterocycles. The van der Waals surface area contributed by atoms with Crippen LogP contribution in [0.4, 0.5) is 0 Å². The number of nitrogens with zero attached hydrogens (tertiary/aromatic N) is 1. The van der Waals surface area contributed by atoms with E-state index in [9.17, 15) is 5.11 Å². The van der Waals surface area contributed by atoms with Gasteiger partial charge in [0, 0.05) is 18.5 Å². The SMILES string of the molecule is CN1Cc2cc(O)ccc2C(c2cc3ccccc3o2)C1. The van der Waals surface area contributed by atoms with Crippen LogP contribution in [0.15, 0.2) is 52.9 Å². The molecule has 3 nitrogen and oxygen atoms in total. The molecule has 0 amide bonds. The van der Waals surface area contributed by atoms with Crippen molar-refractivity contribution < 1.29 is 9.52 Å². The molecule has 2 aromatic carbocycles. The van der Waals surface area contributed by atoms with Crippen LogP contribution in [-0.2, 0) is 6.54 Å². The van der Waals surface area contributed by atoms with Crippen molar-refractivity contribution in [3.8, 4) is 5.75 Å². The molecule has 4 rings (SSSR count). The molecule has 106 valence electrons. The lowest BCUT2D eigenvalue weighted by Gasteiger charge is -2.31. The van der Waals surface area contributed by atoms with Gasteiger partial charge in [-0.05, 0) is 42.4 Å². The summed E-state index contributed by atoms with van der Waals surface area (Å²) in [6, 6.07) is 15.9. The Morgan fingerprint density at radius 3 is 2.86 bits per heavy atom. The summed E-state index contributed by atoms with van der Waals surface area (Å²) in [5, 5.41) is 10.8. The lowest BCUT2D eigenvalue weighted by Crippen LogP contribution is -2.30. The highest BCUT2D eigenvalue weighted by atomic mass is 16.3. The number of benzene rings is 2. The van der Waals surface area contributed by atoms with E-state index in [4.69, 9.17) is 4.42 Å². The molecular formula is C18H17NO2. The smallest absolute Gasteiger partial charge is 0.134 e. The second-order valence-corrected chi connectivity index (χ2v) is 5.82. The minimum atomic E-state index is 0.215. The Hall–Kier alpha value is -2.26. The average molecular weight is 279 g/mol. The van der Waals surface area contributed by atoms with Gasteiger partial charge in [-0.15, -0.1) is 0 Å². The van der Waals surface area contributed by atoms with Gasteiger partial charge in [-0.1, -0.05) is 24.3 Å². The van der Waals surface area contributed by atoms with Gasteiger partial charge in [0.15, 0.2) is 0 Å². The molecule has 21 heavy (non-hydrogen) atoms. The quantitative estimate of drug-likeness (QED) is 0.737. The van der Waals surface area contributed by atoms with Crippen LogP contribution < -0.4 is 0 Å². The summed E-state index contributed by atoms with van der Waals surface area (Å²) >= 11 is 0. The van der Waals surface area contributed by atoms with Gasteiger partial charge >= 0.3 is 0 Å². The van der Waals surface area contributed by atoms with Gasteiger partial charge in [0.1, 0.15) is 17.1 Å². The molecule has 1 unspecified atom stereocenters. The van der Waals surface area contributed by atoms with Crippen molar-refractivity contribution in [3.63, 3.8) is 0 Å². The third-order valence-electron chi connectivity index (χ3n) is 4.22.